The highest BCUT2D eigenvalue weighted by Gasteiger charge is 2.22. The molecule has 0 radical (unpaired) electrons. The number of aromatic nitrogens is 3. The number of thioether (sulfide) groups is 1. The van der Waals surface area contributed by atoms with Gasteiger partial charge in [-0.3, -0.25) is 4.79 Å². The minimum Gasteiger partial charge on any atom is -0.497 e. The lowest BCUT2D eigenvalue weighted by atomic mass is 10.0. The molecule has 0 saturated carbocycles. The molecule has 4 aromatic rings. The van der Waals surface area contributed by atoms with E-state index in [1.807, 2.05) is 60.3 Å². The number of aryl methyl sites for hydroxylation is 1. The molecule has 2 aromatic carbocycles. The van der Waals surface area contributed by atoms with Gasteiger partial charge in [0.25, 0.3) is 0 Å². The van der Waals surface area contributed by atoms with E-state index in [0.717, 1.165) is 16.8 Å². The van der Waals surface area contributed by atoms with Gasteiger partial charge in [-0.25, -0.2) is 9.97 Å². The second-order valence-corrected chi connectivity index (χ2v) is 8.53. The molecule has 2 aromatic heterocycles. The maximum Gasteiger partial charge on any atom is 0.230 e. The average Bonchev–Trinajstić information content (AvgIpc) is 3.52. The molecule has 0 bridgehead atoms. The summed E-state index contributed by atoms with van der Waals surface area (Å²) in [6.07, 6.45) is 5.18. The van der Waals surface area contributed by atoms with Crippen LogP contribution in [-0.2, 0) is 17.6 Å². The van der Waals surface area contributed by atoms with E-state index in [1.54, 1.807) is 32.7 Å². The zero-order chi connectivity index (χ0) is 23.9. The fraction of sp³-hybridized carbons (Fsp3) is 0.240. The van der Waals surface area contributed by atoms with Crippen molar-refractivity contribution < 1.29 is 18.7 Å². The molecule has 176 valence electrons. The minimum atomic E-state index is -0.464. The first-order chi connectivity index (χ1) is 16.6. The van der Waals surface area contributed by atoms with Crippen molar-refractivity contribution in [3.63, 3.8) is 0 Å². The lowest BCUT2D eigenvalue weighted by Gasteiger charge is -2.20. The average molecular weight is 479 g/mol. The Hall–Kier alpha value is -3.72. The van der Waals surface area contributed by atoms with Crippen molar-refractivity contribution >= 4 is 17.7 Å². The molecule has 9 heteroatoms. The zero-order valence-corrected chi connectivity index (χ0v) is 20.0. The summed E-state index contributed by atoms with van der Waals surface area (Å²) in [7, 11) is 5.08. The molecule has 0 fully saturated rings. The first kappa shape index (κ1) is 23.4. The van der Waals surface area contributed by atoms with E-state index in [-0.39, 0.29) is 11.7 Å². The number of nitrogens with zero attached hydrogens (tertiary/aromatic N) is 3. The van der Waals surface area contributed by atoms with Gasteiger partial charge in [-0.15, -0.1) is 11.8 Å². The molecule has 1 unspecified atom stereocenters. The first-order valence-corrected chi connectivity index (χ1v) is 11.8. The third-order valence-electron chi connectivity index (χ3n) is 5.18. The van der Waals surface area contributed by atoms with Gasteiger partial charge < -0.3 is 23.8 Å². The number of carbonyl (C=O) groups is 1. The summed E-state index contributed by atoms with van der Waals surface area (Å²) in [4.78, 5) is 21.9. The Morgan fingerprint density at radius 1 is 1.15 bits per heavy atom. The van der Waals surface area contributed by atoms with Crippen LogP contribution >= 0.6 is 11.8 Å². The van der Waals surface area contributed by atoms with Crippen LogP contribution in [0.2, 0.25) is 0 Å². The largest absolute Gasteiger partial charge is 0.497 e. The number of carbonyl (C=O) groups excluding carboxylic acids is 1. The Labute approximate surface area is 202 Å². The summed E-state index contributed by atoms with van der Waals surface area (Å²) in [5.41, 5.74) is 2.52. The predicted molar refractivity (Wildman–Crippen MR) is 131 cm³/mol. The van der Waals surface area contributed by atoms with Gasteiger partial charge in [0.15, 0.2) is 0 Å². The number of ether oxygens (including phenoxy) is 2. The quantitative estimate of drug-likeness (QED) is 0.365. The number of nitrogens with one attached hydrogen (secondary N) is 1. The van der Waals surface area contributed by atoms with Gasteiger partial charge in [-0.1, -0.05) is 18.2 Å². The number of imidazole rings is 1. The Bertz CT molecular complexity index is 1220. The summed E-state index contributed by atoms with van der Waals surface area (Å²) in [5.74, 6) is 3.25. The second kappa shape index (κ2) is 10.9. The highest BCUT2D eigenvalue weighted by atomic mass is 32.2. The molecule has 2 heterocycles. The third-order valence-corrected chi connectivity index (χ3v) is 6.15. The first-order valence-electron chi connectivity index (χ1n) is 10.6. The van der Waals surface area contributed by atoms with Crippen molar-refractivity contribution in [1.82, 2.24) is 19.9 Å². The molecular weight excluding hydrogens is 452 g/mol. The van der Waals surface area contributed by atoms with Gasteiger partial charge in [0, 0.05) is 36.8 Å². The van der Waals surface area contributed by atoms with Crippen molar-refractivity contribution in [2.75, 3.05) is 20.0 Å². The second-order valence-electron chi connectivity index (χ2n) is 7.55. The van der Waals surface area contributed by atoms with Crippen molar-refractivity contribution in [3.05, 3.63) is 84.3 Å². The van der Waals surface area contributed by atoms with Crippen LogP contribution in [0.1, 0.15) is 23.1 Å². The highest BCUT2D eigenvalue weighted by molar-refractivity contribution is 7.99. The van der Waals surface area contributed by atoms with Crippen molar-refractivity contribution in [2.45, 2.75) is 11.8 Å². The van der Waals surface area contributed by atoms with Gasteiger partial charge in [-0.2, -0.15) is 0 Å². The lowest BCUT2D eigenvalue weighted by molar-refractivity contribution is -0.119. The molecule has 8 nitrogen and oxygen atoms in total. The highest BCUT2D eigenvalue weighted by Crippen LogP contribution is 2.29. The number of methoxy groups -OCH3 is 2. The Kier molecular flexibility index (Phi) is 7.54. The third kappa shape index (κ3) is 5.60. The van der Waals surface area contributed by atoms with E-state index in [0.29, 0.717) is 29.0 Å². The van der Waals surface area contributed by atoms with Crippen LogP contribution in [0.5, 0.6) is 11.5 Å². The Balaban J connectivity index is 1.43. The monoisotopic (exact) mass is 478 g/mol. The molecule has 0 spiro atoms. The number of rotatable bonds is 10. The van der Waals surface area contributed by atoms with Gasteiger partial charge in [0.1, 0.15) is 29.6 Å². The van der Waals surface area contributed by atoms with Gasteiger partial charge in [-0.05, 0) is 29.8 Å². The molecular formula is C25H26N4O4S. The van der Waals surface area contributed by atoms with Crippen LogP contribution in [0, 0.1) is 0 Å². The van der Waals surface area contributed by atoms with Crippen molar-refractivity contribution in [1.29, 1.82) is 0 Å². The van der Waals surface area contributed by atoms with Crippen LogP contribution in [0.25, 0.3) is 11.5 Å². The molecule has 1 atom stereocenters. The van der Waals surface area contributed by atoms with Crippen LogP contribution in [0.15, 0.2) is 71.6 Å². The van der Waals surface area contributed by atoms with Gasteiger partial charge >= 0.3 is 0 Å². The smallest absolute Gasteiger partial charge is 0.230 e. The number of hydrogen-bond acceptors (Lipinski definition) is 7. The topological polar surface area (TPSA) is 91.4 Å². The van der Waals surface area contributed by atoms with Gasteiger partial charge in [0.2, 0.25) is 11.8 Å². The summed E-state index contributed by atoms with van der Waals surface area (Å²) in [5, 5.41) is 3.10. The number of oxazole rings is 1. The van der Waals surface area contributed by atoms with Crippen molar-refractivity contribution in [3.8, 4) is 23.0 Å². The molecule has 0 aliphatic heterocycles. The number of benzene rings is 2. The molecule has 0 saturated heterocycles. The van der Waals surface area contributed by atoms with Crippen molar-refractivity contribution in [2.24, 2.45) is 7.05 Å². The number of amides is 1. The molecule has 34 heavy (non-hydrogen) atoms. The minimum absolute atomic E-state index is 0.119. The Morgan fingerprint density at radius 2 is 1.88 bits per heavy atom. The van der Waals surface area contributed by atoms with E-state index in [1.165, 1.54) is 11.8 Å². The van der Waals surface area contributed by atoms with E-state index in [4.69, 9.17) is 13.9 Å². The molecule has 0 aliphatic rings. The SMILES string of the molecule is COc1cc(OC)cc(C(NC(=O)CSCc2coc(-c3ccccc3)n2)c2nccn2C)c1. The van der Waals surface area contributed by atoms with Crippen LogP contribution in [0.4, 0.5) is 0 Å². The summed E-state index contributed by atoms with van der Waals surface area (Å²) >= 11 is 1.47. The zero-order valence-electron chi connectivity index (χ0n) is 19.2. The standard InChI is InChI=1S/C25H26N4O4S/c1-29-10-9-26-24(29)23(18-11-20(31-2)13-21(12-18)32-3)28-22(30)16-34-15-19-14-33-25(27-19)17-7-5-4-6-8-17/h4-14,23H,15-16H2,1-3H3,(H,28,30). The number of hydrogen-bond donors (Lipinski definition) is 1. The van der Waals surface area contributed by atoms with Crippen LogP contribution < -0.4 is 14.8 Å². The summed E-state index contributed by atoms with van der Waals surface area (Å²) < 4.78 is 18.3. The van der Waals surface area contributed by atoms with E-state index in [2.05, 4.69) is 15.3 Å². The Morgan fingerprint density at radius 3 is 2.53 bits per heavy atom. The van der Waals surface area contributed by atoms with Crippen LogP contribution in [-0.4, -0.2) is 40.4 Å². The van der Waals surface area contributed by atoms with Crippen LogP contribution in [0.3, 0.4) is 0 Å². The maximum absolute atomic E-state index is 12.9. The summed E-state index contributed by atoms with van der Waals surface area (Å²) in [6.45, 7) is 0. The molecule has 1 amide bonds. The molecule has 4 rings (SSSR count). The lowest BCUT2D eigenvalue weighted by Crippen LogP contribution is -2.32. The maximum atomic E-state index is 12.9. The molecule has 1 N–H and O–H groups in total. The van der Waals surface area contributed by atoms with E-state index < -0.39 is 6.04 Å². The van der Waals surface area contributed by atoms with E-state index in [9.17, 15) is 4.79 Å². The predicted octanol–water partition coefficient (Wildman–Crippen LogP) is 4.23. The fourth-order valence-electron chi connectivity index (χ4n) is 3.49. The van der Waals surface area contributed by atoms with E-state index >= 15 is 0 Å². The fourth-order valence-corrected chi connectivity index (χ4v) is 4.20. The van der Waals surface area contributed by atoms with Gasteiger partial charge in [0.05, 0.1) is 25.7 Å². The summed E-state index contributed by atoms with van der Waals surface area (Å²) in [6, 6.07) is 14.8. The molecule has 0 aliphatic carbocycles. The normalized spacial score (nSPS) is 11.7.